The van der Waals surface area contributed by atoms with Crippen molar-refractivity contribution in [1.29, 1.82) is 0 Å². The topological polar surface area (TPSA) is 35.2 Å². The lowest BCUT2D eigenvalue weighted by Crippen LogP contribution is -2.21. The number of ether oxygens (including phenoxy) is 1. The maximum absolute atomic E-state index is 6.02. The first-order valence-corrected chi connectivity index (χ1v) is 9.05. The molecule has 0 heterocycles. The summed E-state index contributed by atoms with van der Waals surface area (Å²) in [7, 11) is 0. The van der Waals surface area contributed by atoms with Crippen molar-refractivity contribution in [2.24, 2.45) is 11.7 Å². The molecule has 0 radical (unpaired) electrons. The summed E-state index contributed by atoms with van der Waals surface area (Å²) in [6.07, 6.45) is 7.21. The summed E-state index contributed by atoms with van der Waals surface area (Å²) in [6, 6.07) is 4.48. The highest BCUT2D eigenvalue weighted by Gasteiger charge is 2.17. The monoisotopic (exact) mass is 403 g/mol. The predicted octanol–water partition coefficient (Wildman–Crippen LogP) is 5.06. The maximum atomic E-state index is 6.02. The van der Waals surface area contributed by atoms with Crippen molar-refractivity contribution in [2.45, 2.75) is 51.5 Å². The van der Waals surface area contributed by atoms with Crippen molar-refractivity contribution in [3.8, 4) is 5.75 Å². The van der Waals surface area contributed by atoms with Crippen LogP contribution < -0.4 is 10.5 Å². The van der Waals surface area contributed by atoms with Gasteiger partial charge in [0, 0.05) is 6.04 Å². The molecule has 0 saturated heterocycles. The molecule has 1 unspecified atom stereocenters. The summed E-state index contributed by atoms with van der Waals surface area (Å²) in [5.41, 5.74) is 7.26. The van der Waals surface area contributed by atoms with Gasteiger partial charge in [0.1, 0.15) is 5.75 Å². The molecule has 20 heavy (non-hydrogen) atoms. The summed E-state index contributed by atoms with van der Waals surface area (Å²) in [5.74, 6) is 1.65. The van der Waals surface area contributed by atoms with Crippen molar-refractivity contribution in [2.75, 3.05) is 6.61 Å². The average Bonchev–Trinajstić information content (AvgIpc) is 2.90. The van der Waals surface area contributed by atoms with E-state index in [0.29, 0.717) is 0 Å². The van der Waals surface area contributed by atoms with Gasteiger partial charge in [-0.3, -0.25) is 0 Å². The third kappa shape index (κ3) is 4.47. The van der Waals surface area contributed by atoms with Gasteiger partial charge >= 0.3 is 0 Å². The molecule has 112 valence electrons. The lowest BCUT2D eigenvalue weighted by Gasteiger charge is -2.16. The normalized spacial score (nSPS) is 17.4. The van der Waals surface area contributed by atoms with Gasteiger partial charge < -0.3 is 10.5 Å². The van der Waals surface area contributed by atoms with Crippen molar-refractivity contribution in [1.82, 2.24) is 0 Å². The van der Waals surface area contributed by atoms with Gasteiger partial charge in [-0.05, 0) is 81.2 Å². The lowest BCUT2D eigenvalue weighted by molar-refractivity contribution is 0.249. The standard InChI is InChI=1S/C16H23Br2NO/c1-2-13(19)7-12-8-14(17)16(15(18)9-12)20-10-11-5-3-4-6-11/h8-9,11,13H,2-7,10,19H2,1H3. The lowest BCUT2D eigenvalue weighted by atomic mass is 10.0. The molecule has 0 spiro atoms. The molecule has 1 aromatic rings. The van der Waals surface area contributed by atoms with E-state index in [1.807, 2.05) is 0 Å². The number of rotatable bonds is 6. The Balaban J connectivity index is 2.01. The van der Waals surface area contributed by atoms with Crippen LogP contribution in [0.15, 0.2) is 21.1 Å². The van der Waals surface area contributed by atoms with Crippen molar-refractivity contribution < 1.29 is 4.74 Å². The summed E-state index contributed by atoms with van der Waals surface area (Å²) < 4.78 is 8.05. The van der Waals surface area contributed by atoms with Crippen LogP contribution in [0.3, 0.4) is 0 Å². The second-order valence-corrected chi connectivity index (χ2v) is 7.43. The van der Waals surface area contributed by atoms with Crippen LogP contribution in [-0.2, 0) is 6.42 Å². The van der Waals surface area contributed by atoms with Crippen LogP contribution in [0.2, 0.25) is 0 Å². The molecule has 0 aromatic heterocycles. The molecule has 0 amide bonds. The quantitative estimate of drug-likeness (QED) is 0.718. The first-order chi connectivity index (χ1) is 9.60. The van der Waals surface area contributed by atoms with E-state index in [1.165, 1.54) is 31.2 Å². The number of halogens is 2. The Labute approximate surface area is 138 Å². The molecule has 4 heteroatoms. The molecule has 1 aliphatic rings. The first-order valence-electron chi connectivity index (χ1n) is 7.46. The fraction of sp³-hybridized carbons (Fsp3) is 0.625. The van der Waals surface area contributed by atoms with Gasteiger partial charge in [0.05, 0.1) is 15.6 Å². The molecule has 2 nitrogen and oxygen atoms in total. The minimum Gasteiger partial charge on any atom is -0.491 e. The number of nitrogens with two attached hydrogens (primary N) is 1. The molecule has 1 aromatic carbocycles. The predicted molar refractivity (Wildman–Crippen MR) is 91.3 cm³/mol. The number of benzene rings is 1. The van der Waals surface area contributed by atoms with Crippen LogP contribution in [0.4, 0.5) is 0 Å². The Morgan fingerprint density at radius 1 is 1.25 bits per heavy atom. The molecule has 1 aliphatic carbocycles. The zero-order valence-electron chi connectivity index (χ0n) is 12.0. The van der Waals surface area contributed by atoms with Crippen LogP contribution in [0.25, 0.3) is 0 Å². The van der Waals surface area contributed by atoms with Crippen LogP contribution >= 0.6 is 31.9 Å². The Morgan fingerprint density at radius 2 is 1.85 bits per heavy atom. The van der Waals surface area contributed by atoms with Gasteiger partial charge in [-0.25, -0.2) is 0 Å². The Morgan fingerprint density at radius 3 is 2.40 bits per heavy atom. The van der Waals surface area contributed by atoms with Gasteiger partial charge in [0.25, 0.3) is 0 Å². The Bertz CT molecular complexity index is 421. The van der Waals surface area contributed by atoms with Crippen molar-refractivity contribution >= 4 is 31.9 Å². The van der Waals surface area contributed by atoms with E-state index in [4.69, 9.17) is 10.5 Å². The fourth-order valence-corrected chi connectivity index (χ4v) is 4.20. The highest BCUT2D eigenvalue weighted by molar-refractivity contribution is 9.11. The van der Waals surface area contributed by atoms with Gasteiger partial charge in [0.2, 0.25) is 0 Å². The van der Waals surface area contributed by atoms with Crippen molar-refractivity contribution in [3.63, 3.8) is 0 Å². The average molecular weight is 405 g/mol. The maximum Gasteiger partial charge on any atom is 0.147 e. The summed E-state index contributed by atoms with van der Waals surface area (Å²) >= 11 is 7.25. The molecule has 1 fully saturated rings. The first kappa shape index (κ1) is 16.3. The minimum atomic E-state index is 0.221. The Hall–Kier alpha value is -0.0600. The van der Waals surface area contributed by atoms with E-state index < -0.39 is 0 Å². The molecule has 1 atom stereocenters. The summed E-state index contributed by atoms with van der Waals surface area (Å²) in [5, 5.41) is 0. The minimum absolute atomic E-state index is 0.221. The Kier molecular flexibility index (Phi) is 6.37. The van der Waals surface area contributed by atoms with E-state index >= 15 is 0 Å². The number of hydrogen-bond donors (Lipinski definition) is 1. The van der Waals surface area contributed by atoms with E-state index in [2.05, 4.69) is 50.9 Å². The third-order valence-electron chi connectivity index (χ3n) is 4.02. The SMILES string of the molecule is CCC(N)Cc1cc(Br)c(OCC2CCCC2)c(Br)c1. The van der Waals surface area contributed by atoms with Gasteiger partial charge in [-0.15, -0.1) is 0 Å². The highest BCUT2D eigenvalue weighted by atomic mass is 79.9. The van der Waals surface area contributed by atoms with E-state index in [1.54, 1.807) is 0 Å². The third-order valence-corrected chi connectivity index (χ3v) is 5.20. The summed E-state index contributed by atoms with van der Waals surface area (Å²) in [4.78, 5) is 0. The van der Waals surface area contributed by atoms with Crippen LogP contribution in [-0.4, -0.2) is 12.6 Å². The van der Waals surface area contributed by atoms with Gasteiger partial charge in [-0.2, -0.15) is 0 Å². The van der Waals surface area contributed by atoms with E-state index in [9.17, 15) is 0 Å². The second-order valence-electron chi connectivity index (χ2n) is 5.72. The smallest absolute Gasteiger partial charge is 0.147 e. The molecule has 1 saturated carbocycles. The summed E-state index contributed by atoms with van der Waals surface area (Å²) in [6.45, 7) is 2.94. The van der Waals surface area contributed by atoms with Crippen molar-refractivity contribution in [3.05, 3.63) is 26.6 Å². The zero-order valence-corrected chi connectivity index (χ0v) is 15.2. The molecular formula is C16H23Br2NO. The van der Waals surface area contributed by atoms with Crippen LogP contribution in [0, 0.1) is 5.92 Å². The second kappa shape index (κ2) is 7.81. The molecular weight excluding hydrogens is 382 g/mol. The highest BCUT2D eigenvalue weighted by Crippen LogP contribution is 2.36. The molecule has 0 aliphatic heterocycles. The molecule has 2 N–H and O–H groups in total. The zero-order chi connectivity index (χ0) is 14.5. The van der Waals surface area contributed by atoms with E-state index in [0.717, 1.165) is 40.1 Å². The van der Waals surface area contributed by atoms with E-state index in [-0.39, 0.29) is 6.04 Å². The van der Waals surface area contributed by atoms with Crippen LogP contribution in [0.1, 0.15) is 44.6 Å². The molecule has 0 bridgehead atoms. The van der Waals surface area contributed by atoms with Crippen LogP contribution in [0.5, 0.6) is 5.75 Å². The largest absolute Gasteiger partial charge is 0.491 e. The molecule has 2 rings (SSSR count). The number of hydrogen-bond acceptors (Lipinski definition) is 2. The fourth-order valence-electron chi connectivity index (χ4n) is 2.69. The van der Waals surface area contributed by atoms with Gasteiger partial charge in [0.15, 0.2) is 0 Å². The van der Waals surface area contributed by atoms with Gasteiger partial charge in [-0.1, -0.05) is 19.8 Å².